The van der Waals surface area contributed by atoms with E-state index in [1.54, 1.807) is 12.4 Å². The number of aryl methyl sites for hydroxylation is 2. The summed E-state index contributed by atoms with van der Waals surface area (Å²) in [5.41, 5.74) is 7.20. The zero-order chi connectivity index (χ0) is 22.6. The number of carbonyl (C=O) groups excluding carboxylic acids is 1. The van der Waals surface area contributed by atoms with Gasteiger partial charge >= 0.3 is 0 Å². The van der Waals surface area contributed by atoms with Gasteiger partial charge in [-0.25, -0.2) is 9.97 Å². The summed E-state index contributed by atoms with van der Waals surface area (Å²) in [7, 11) is 0. The van der Waals surface area contributed by atoms with Crippen LogP contribution in [0.25, 0.3) is 11.1 Å². The highest BCUT2D eigenvalue weighted by Crippen LogP contribution is 2.30. The van der Waals surface area contributed by atoms with Gasteiger partial charge in [0.05, 0.1) is 6.04 Å². The number of amides is 1. The molecule has 164 valence electrons. The molecular weight excluding hydrogens is 408 g/mol. The molecule has 5 rings (SSSR count). The van der Waals surface area contributed by atoms with E-state index < -0.39 is 0 Å². The number of nitrogens with one attached hydrogen (secondary N) is 2. The van der Waals surface area contributed by atoms with E-state index >= 15 is 0 Å². The van der Waals surface area contributed by atoms with Crippen molar-refractivity contribution < 1.29 is 4.79 Å². The van der Waals surface area contributed by atoms with Crippen molar-refractivity contribution in [3.8, 4) is 11.1 Å². The first-order valence-corrected chi connectivity index (χ1v) is 11.3. The summed E-state index contributed by atoms with van der Waals surface area (Å²) in [4.78, 5) is 21.9. The first kappa shape index (κ1) is 20.9. The highest BCUT2D eigenvalue weighted by molar-refractivity contribution is 5.95. The van der Waals surface area contributed by atoms with Gasteiger partial charge in [0, 0.05) is 29.2 Å². The molecule has 5 nitrogen and oxygen atoms in total. The zero-order valence-electron chi connectivity index (χ0n) is 18.6. The summed E-state index contributed by atoms with van der Waals surface area (Å²) in [6.45, 7) is 2.07. The van der Waals surface area contributed by atoms with Crippen molar-refractivity contribution in [3.63, 3.8) is 0 Å². The molecular formula is C28H26N4O. The number of fused-ring (bicyclic) bond motifs is 1. The van der Waals surface area contributed by atoms with Crippen molar-refractivity contribution in [3.05, 3.63) is 107 Å². The molecule has 3 aromatic carbocycles. The van der Waals surface area contributed by atoms with Crippen LogP contribution in [-0.2, 0) is 6.42 Å². The van der Waals surface area contributed by atoms with Crippen LogP contribution in [0.15, 0.2) is 85.2 Å². The van der Waals surface area contributed by atoms with Crippen LogP contribution in [0.2, 0.25) is 0 Å². The fourth-order valence-corrected chi connectivity index (χ4v) is 4.30. The highest BCUT2D eigenvalue weighted by Gasteiger charge is 2.22. The van der Waals surface area contributed by atoms with Gasteiger partial charge in [-0.2, -0.15) is 0 Å². The molecule has 0 saturated carbocycles. The van der Waals surface area contributed by atoms with Crippen molar-refractivity contribution in [1.82, 2.24) is 15.3 Å². The molecule has 2 N–H and O–H groups in total. The van der Waals surface area contributed by atoms with E-state index in [0.717, 1.165) is 36.1 Å². The van der Waals surface area contributed by atoms with E-state index in [1.807, 2.05) is 30.3 Å². The van der Waals surface area contributed by atoms with Gasteiger partial charge in [-0.05, 0) is 61.1 Å². The zero-order valence-corrected chi connectivity index (χ0v) is 18.6. The number of carbonyl (C=O) groups is 1. The molecule has 0 unspecified atom stereocenters. The topological polar surface area (TPSA) is 66.9 Å². The van der Waals surface area contributed by atoms with Crippen LogP contribution in [0.4, 0.5) is 11.6 Å². The van der Waals surface area contributed by atoms with E-state index in [1.165, 1.54) is 16.7 Å². The lowest BCUT2D eigenvalue weighted by Gasteiger charge is -2.26. The Morgan fingerprint density at radius 1 is 0.909 bits per heavy atom. The minimum absolute atomic E-state index is 0.0525. The lowest BCUT2D eigenvalue weighted by molar-refractivity contribution is 0.0933. The summed E-state index contributed by atoms with van der Waals surface area (Å²) in [5, 5.41) is 6.42. The maximum Gasteiger partial charge on any atom is 0.251 e. The van der Waals surface area contributed by atoms with Crippen LogP contribution in [-0.4, -0.2) is 15.9 Å². The Balaban J connectivity index is 1.28. The Bertz CT molecular complexity index is 1270. The van der Waals surface area contributed by atoms with Crippen molar-refractivity contribution in [2.75, 3.05) is 5.32 Å². The van der Waals surface area contributed by atoms with Crippen molar-refractivity contribution in [2.24, 2.45) is 0 Å². The lowest BCUT2D eigenvalue weighted by Crippen LogP contribution is -2.31. The molecule has 4 aromatic rings. The van der Waals surface area contributed by atoms with Crippen molar-refractivity contribution in [2.45, 2.75) is 32.2 Å². The van der Waals surface area contributed by atoms with Gasteiger partial charge in [-0.3, -0.25) is 4.79 Å². The van der Waals surface area contributed by atoms with Crippen LogP contribution >= 0.6 is 0 Å². The van der Waals surface area contributed by atoms with Gasteiger partial charge in [-0.1, -0.05) is 60.2 Å². The Labute approximate surface area is 193 Å². The molecule has 0 aliphatic heterocycles. The van der Waals surface area contributed by atoms with Crippen LogP contribution in [0, 0.1) is 6.92 Å². The predicted molar refractivity (Wildman–Crippen MR) is 132 cm³/mol. The minimum Gasteiger partial charge on any atom is -0.345 e. The van der Waals surface area contributed by atoms with Gasteiger partial charge in [-0.15, -0.1) is 0 Å². The Morgan fingerprint density at radius 2 is 1.70 bits per heavy atom. The molecule has 1 aromatic heterocycles. The standard InChI is InChI=1S/C28H26N4O/c1-19-12-14-20(15-13-19)23-17-29-28(30-18-23)31-24-9-4-8-22(16-24)27(33)32-26-11-5-7-21-6-2-3-10-25(21)26/h2-4,6,8-10,12-18,26H,5,7,11H2,1H3,(H,32,33)(H,29,30,31)/t26-/m1/s1. The monoisotopic (exact) mass is 434 g/mol. The Hall–Kier alpha value is -3.99. The number of aromatic nitrogens is 2. The van der Waals surface area contributed by atoms with Gasteiger partial charge in [0.1, 0.15) is 0 Å². The van der Waals surface area contributed by atoms with Crippen molar-refractivity contribution in [1.29, 1.82) is 0 Å². The average Bonchev–Trinajstić information content (AvgIpc) is 2.85. The maximum atomic E-state index is 13.0. The number of hydrogen-bond acceptors (Lipinski definition) is 4. The van der Waals surface area contributed by atoms with Crippen LogP contribution < -0.4 is 10.6 Å². The van der Waals surface area contributed by atoms with E-state index in [0.29, 0.717) is 11.5 Å². The van der Waals surface area contributed by atoms with E-state index in [-0.39, 0.29) is 11.9 Å². The second kappa shape index (κ2) is 9.25. The fraction of sp³-hybridized carbons (Fsp3) is 0.179. The second-order valence-electron chi connectivity index (χ2n) is 8.48. The third-order valence-corrected chi connectivity index (χ3v) is 6.09. The highest BCUT2D eigenvalue weighted by atomic mass is 16.1. The first-order chi connectivity index (χ1) is 16.2. The molecule has 0 spiro atoms. The van der Waals surface area contributed by atoms with E-state index in [4.69, 9.17) is 0 Å². The van der Waals surface area contributed by atoms with Crippen LogP contribution in [0.1, 0.15) is 45.9 Å². The third-order valence-electron chi connectivity index (χ3n) is 6.09. The Kier molecular flexibility index (Phi) is 5.85. The number of rotatable bonds is 5. The molecule has 33 heavy (non-hydrogen) atoms. The lowest BCUT2D eigenvalue weighted by atomic mass is 9.87. The average molecular weight is 435 g/mol. The summed E-state index contributed by atoms with van der Waals surface area (Å²) >= 11 is 0. The summed E-state index contributed by atoms with van der Waals surface area (Å²) < 4.78 is 0. The first-order valence-electron chi connectivity index (χ1n) is 11.3. The molecule has 1 aliphatic carbocycles. The summed E-state index contributed by atoms with van der Waals surface area (Å²) in [6.07, 6.45) is 6.72. The number of nitrogens with zero attached hydrogens (tertiary/aromatic N) is 2. The largest absolute Gasteiger partial charge is 0.345 e. The second-order valence-corrected chi connectivity index (χ2v) is 8.48. The molecule has 1 atom stereocenters. The quantitative estimate of drug-likeness (QED) is 0.404. The maximum absolute atomic E-state index is 13.0. The van der Waals surface area contributed by atoms with E-state index in [2.05, 4.69) is 70.0 Å². The summed E-state index contributed by atoms with van der Waals surface area (Å²) in [6, 6.07) is 24.1. The van der Waals surface area contributed by atoms with Gasteiger partial charge in [0.15, 0.2) is 0 Å². The normalized spacial score (nSPS) is 14.9. The number of anilines is 2. The molecule has 0 radical (unpaired) electrons. The third kappa shape index (κ3) is 4.77. The molecule has 1 aliphatic rings. The Morgan fingerprint density at radius 3 is 2.52 bits per heavy atom. The number of hydrogen-bond donors (Lipinski definition) is 2. The van der Waals surface area contributed by atoms with E-state index in [9.17, 15) is 4.79 Å². The fourth-order valence-electron chi connectivity index (χ4n) is 4.30. The molecule has 5 heteroatoms. The smallest absolute Gasteiger partial charge is 0.251 e. The summed E-state index contributed by atoms with van der Waals surface area (Å²) in [5.74, 6) is 0.417. The SMILES string of the molecule is Cc1ccc(-c2cnc(Nc3cccc(C(=O)N[C@@H]4CCCc5ccccc54)c3)nc2)cc1. The molecule has 1 amide bonds. The predicted octanol–water partition coefficient (Wildman–Crippen LogP) is 6.00. The number of benzene rings is 3. The van der Waals surface area contributed by atoms with Gasteiger partial charge < -0.3 is 10.6 Å². The van der Waals surface area contributed by atoms with Crippen LogP contribution in [0.5, 0.6) is 0 Å². The van der Waals surface area contributed by atoms with Gasteiger partial charge in [0.25, 0.3) is 5.91 Å². The molecule has 0 saturated heterocycles. The molecule has 0 bridgehead atoms. The molecule has 1 heterocycles. The van der Waals surface area contributed by atoms with Gasteiger partial charge in [0.2, 0.25) is 5.95 Å². The van der Waals surface area contributed by atoms with Crippen molar-refractivity contribution >= 4 is 17.5 Å². The van der Waals surface area contributed by atoms with Crippen LogP contribution in [0.3, 0.4) is 0 Å². The molecule has 0 fully saturated rings. The minimum atomic E-state index is -0.0732.